The molecule has 22 heavy (non-hydrogen) atoms. The maximum Gasteiger partial charge on any atom is 0.381 e. The zero-order valence-corrected chi connectivity index (χ0v) is 11.7. The lowest BCUT2D eigenvalue weighted by molar-refractivity contribution is -0.357. The maximum atomic E-state index is 12.0. The van der Waals surface area contributed by atoms with Crippen LogP contribution >= 0.6 is 0 Å². The van der Waals surface area contributed by atoms with Crippen molar-refractivity contribution < 1.29 is 43.8 Å². The number of carboxylic acids is 2. The van der Waals surface area contributed by atoms with Crippen molar-refractivity contribution in [3.8, 4) is 0 Å². The van der Waals surface area contributed by atoms with Crippen molar-refractivity contribution >= 4 is 17.9 Å². The first-order valence-electron chi connectivity index (χ1n) is 5.88. The molecule has 1 aromatic carbocycles. The van der Waals surface area contributed by atoms with Gasteiger partial charge in [-0.1, -0.05) is 18.2 Å². The molecule has 0 spiro atoms. The van der Waals surface area contributed by atoms with Gasteiger partial charge in [0, 0.05) is 7.11 Å². The Hall–Kier alpha value is -2.49. The lowest BCUT2D eigenvalue weighted by Gasteiger charge is -2.30. The highest BCUT2D eigenvalue weighted by Crippen LogP contribution is 2.24. The number of aliphatic carboxylic acids is 2. The number of hydrogen-bond acceptors (Lipinski definition) is 7. The molecule has 0 aromatic heterocycles. The van der Waals surface area contributed by atoms with Crippen LogP contribution in [0.1, 0.15) is 10.4 Å². The molecule has 0 saturated carbocycles. The number of carbonyl (C=O) groups excluding carboxylic acids is 1. The van der Waals surface area contributed by atoms with E-state index in [1.165, 1.54) is 24.3 Å². The largest absolute Gasteiger partial charge is 0.479 e. The van der Waals surface area contributed by atoms with Gasteiger partial charge in [0.15, 0.2) is 0 Å². The number of hydrogen-bond donors (Lipinski definition) is 2. The minimum absolute atomic E-state index is 0.00623. The van der Waals surface area contributed by atoms with Gasteiger partial charge in [-0.05, 0) is 12.1 Å². The third-order valence-electron chi connectivity index (χ3n) is 2.62. The molecule has 0 aliphatic heterocycles. The first-order chi connectivity index (χ1) is 10.4. The number of carbonyl (C=O) groups is 3. The number of benzene rings is 1. The van der Waals surface area contributed by atoms with Crippen LogP contribution < -0.4 is 0 Å². The van der Waals surface area contributed by atoms with Crippen molar-refractivity contribution in [2.75, 3.05) is 14.2 Å². The van der Waals surface area contributed by atoms with E-state index in [-0.39, 0.29) is 5.56 Å². The summed E-state index contributed by atoms with van der Waals surface area (Å²) in [6, 6.07) is 7.39. The Balaban J connectivity index is 3.19. The molecule has 1 rings (SSSR count). The van der Waals surface area contributed by atoms with E-state index >= 15 is 0 Å². The highest BCUT2D eigenvalue weighted by atomic mass is 17.2. The molecule has 0 heterocycles. The zero-order chi connectivity index (χ0) is 16.8. The summed E-state index contributed by atoms with van der Waals surface area (Å²) in [6.45, 7) is 0. The summed E-state index contributed by atoms with van der Waals surface area (Å²) in [5, 5.41) is 18.3. The van der Waals surface area contributed by atoms with Gasteiger partial charge in [0.25, 0.3) is 6.10 Å². The maximum absolute atomic E-state index is 12.0. The van der Waals surface area contributed by atoms with Crippen molar-refractivity contribution in [3.63, 3.8) is 0 Å². The molecular formula is C13H14O9. The lowest BCUT2D eigenvalue weighted by Crippen LogP contribution is -2.58. The average Bonchev–Trinajstić information content (AvgIpc) is 2.50. The molecule has 0 aliphatic carbocycles. The standard InChI is InChI=1S/C13H14O9/c1-19-13(12(17)18,9(10(14)15)22-20-2)21-11(16)8-6-4-3-5-7-8/h3-7,9H,1-2H3,(H,14,15)(H,17,18)/t9-,13+/m1/s1. The molecule has 1 aromatic rings. The second-order valence-corrected chi connectivity index (χ2v) is 3.91. The second kappa shape index (κ2) is 7.50. The lowest BCUT2D eigenvalue weighted by atomic mass is 10.1. The number of methoxy groups -OCH3 is 1. The van der Waals surface area contributed by atoms with Crippen molar-refractivity contribution in [2.24, 2.45) is 0 Å². The van der Waals surface area contributed by atoms with E-state index in [1.54, 1.807) is 6.07 Å². The quantitative estimate of drug-likeness (QED) is 0.301. The smallest absolute Gasteiger partial charge is 0.381 e. The van der Waals surface area contributed by atoms with Gasteiger partial charge in [0.05, 0.1) is 12.7 Å². The predicted octanol–water partition coefficient (Wildman–Crippen LogP) is 0.302. The molecule has 9 nitrogen and oxygen atoms in total. The second-order valence-electron chi connectivity index (χ2n) is 3.91. The van der Waals surface area contributed by atoms with E-state index in [9.17, 15) is 19.5 Å². The molecule has 0 amide bonds. The van der Waals surface area contributed by atoms with Gasteiger partial charge in [-0.3, -0.25) is 0 Å². The summed E-state index contributed by atoms with van der Waals surface area (Å²) in [4.78, 5) is 43.2. The molecule has 0 radical (unpaired) electrons. The van der Waals surface area contributed by atoms with Gasteiger partial charge in [0.1, 0.15) is 0 Å². The molecule has 0 fully saturated rings. The van der Waals surface area contributed by atoms with Gasteiger partial charge >= 0.3 is 23.7 Å². The van der Waals surface area contributed by atoms with Gasteiger partial charge in [-0.2, -0.15) is 0 Å². The van der Waals surface area contributed by atoms with E-state index in [4.69, 9.17) is 9.84 Å². The van der Waals surface area contributed by atoms with Crippen LogP contribution in [0.5, 0.6) is 0 Å². The van der Waals surface area contributed by atoms with Gasteiger partial charge in [-0.15, -0.1) is 0 Å². The topological polar surface area (TPSA) is 129 Å². The van der Waals surface area contributed by atoms with Crippen LogP contribution in [0.3, 0.4) is 0 Å². The molecule has 120 valence electrons. The summed E-state index contributed by atoms with van der Waals surface area (Å²) in [5.41, 5.74) is 0.00623. The summed E-state index contributed by atoms with van der Waals surface area (Å²) in [5.74, 6) is -7.65. The van der Waals surface area contributed by atoms with Crippen LogP contribution in [-0.4, -0.2) is 54.2 Å². The highest BCUT2D eigenvalue weighted by molar-refractivity contribution is 5.94. The van der Waals surface area contributed by atoms with Crippen LogP contribution in [-0.2, 0) is 28.8 Å². The Labute approximate surface area is 124 Å². The summed E-state index contributed by atoms with van der Waals surface area (Å²) in [6.07, 6.45) is -2.24. The number of esters is 1. The number of ether oxygens (including phenoxy) is 2. The normalized spacial score (nSPS) is 14.6. The Kier molecular flexibility index (Phi) is 5.99. The first kappa shape index (κ1) is 17.6. The van der Waals surface area contributed by atoms with Crippen molar-refractivity contribution in [2.45, 2.75) is 11.9 Å². The van der Waals surface area contributed by atoms with Crippen molar-refractivity contribution in [1.82, 2.24) is 0 Å². The molecule has 0 unspecified atom stereocenters. The Morgan fingerprint density at radius 2 is 1.68 bits per heavy atom. The number of rotatable bonds is 8. The summed E-state index contributed by atoms with van der Waals surface area (Å²) in [7, 11) is 1.83. The molecule has 0 bridgehead atoms. The third kappa shape index (κ3) is 3.58. The molecule has 0 saturated heterocycles. The monoisotopic (exact) mass is 314 g/mol. The Bertz CT molecular complexity index is 542. The molecule has 2 atom stereocenters. The minimum Gasteiger partial charge on any atom is -0.479 e. The molecule has 9 heteroatoms. The van der Waals surface area contributed by atoms with E-state index in [1.807, 2.05) is 0 Å². The van der Waals surface area contributed by atoms with Crippen molar-refractivity contribution in [3.05, 3.63) is 35.9 Å². The fourth-order valence-electron chi connectivity index (χ4n) is 1.58. The van der Waals surface area contributed by atoms with Crippen LogP contribution in [0.25, 0.3) is 0 Å². The first-order valence-corrected chi connectivity index (χ1v) is 5.88. The molecule has 0 aliphatic rings. The third-order valence-corrected chi connectivity index (χ3v) is 2.62. The van der Waals surface area contributed by atoms with Gasteiger partial charge in [0.2, 0.25) is 0 Å². The van der Waals surface area contributed by atoms with Crippen LogP contribution in [0, 0.1) is 0 Å². The Morgan fingerprint density at radius 1 is 1.09 bits per heavy atom. The van der Waals surface area contributed by atoms with E-state index in [0.29, 0.717) is 0 Å². The van der Waals surface area contributed by atoms with E-state index in [0.717, 1.165) is 14.2 Å². The summed E-state index contributed by atoms with van der Waals surface area (Å²) >= 11 is 0. The van der Waals surface area contributed by atoms with Crippen molar-refractivity contribution in [1.29, 1.82) is 0 Å². The number of carboxylic acid groups (broad SMARTS) is 2. The van der Waals surface area contributed by atoms with Gasteiger partial charge in [-0.25, -0.2) is 24.2 Å². The Morgan fingerprint density at radius 3 is 2.09 bits per heavy atom. The van der Waals surface area contributed by atoms with Crippen LogP contribution in [0.2, 0.25) is 0 Å². The van der Waals surface area contributed by atoms with E-state index in [2.05, 4.69) is 14.5 Å². The zero-order valence-electron chi connectivity index (χ0n) is 11.7. The fourth-order valence-corrected chi connectivity index (χ4v) is 1.58. The molecule has 2 N–H and O–H groups in total. The SMILES string of the molecule is COO[C@H](C(=O)O)[C@](OC)(OC(=O)c1ccccc1)C(=O)O. The van der Waals surface area contributed by atoms with Crippen LogP contribution in [0.15, 0.2) is 30.3 Å². The van der Waals surface area contributed by atoms with Gasteiger partial charge < -0.3 is 19.7 Å². The van der Waals surface area contributed by atoms with E-state index < -0.39 is 29.8 Å². The van der Waals surface area contributed by atoms with Crippen LogP contribution in [0.4, 0.5) is 0 Å². The highest BCUT2D eigenvalue weighted by Gasteiger charge is 2.57. The molecular weight excluding hydrogens is 300 g/mol. The fraction of sp³-hybridized carbons (Fsp3) is 0.308. The predicted molar refractivity (Wildman–Crippen MR) is 68.8 cm³/mol. The summed E-state index contributed by atoms with van der Waals surface area (Å²) < 4.78 is 9.40. The minimum atomic E-state index is -2.92. The average molecular weight is 314 g/mol.